The van der Waals surface area contributed by atoms with Gasteiger partial charge in [0.25, 0.3) is 0 Å². The van der Waals surface area contributed by atoms with Crippen LogP contribution in [-0.4, -0.2) is 16.1 Å². The molecule has 0 amide bonds. The fourth-order valence-electron chi connectivity index (χ4n) is 2.12. The van der Waals surface area contributed by atoms with Gasteiger partial charge < -0.3 is 9.88 Å². The van der Waals surface area contributed by atoms with Crippen LogP contribution in [-0.2, 0) is 6.54 Å². The van der Waals surface area contributed by atoms with E-state index in [9.17, 15) is 13.2 Å². The molecule has 0 unspecified atom stereocenters. The molecule has 0 aliphatic heterocycles. The predicted octanol–water partition coefficient (Wildman–Crippen LogP) is 3.57. The number of anilines is 1. The highest BCUT2D eigenvalue weighted by Crippen LogP contribution is 2.17. The van der Waals surface area contributed by atoms with E-state index < -0.39 is 11.6 Å². The minimum absolute atomic E-state index is 0.293. The maximum absolute atomic E-state index is 13.3. The van der Waals surface area contributed by atoms with Gasteiger partial charge in [-0.15, -0.1) is 0 Å². The number of halogens is 3. The van der Waals surface area contributed by atoms with Crippen LogP contribution in [0.15, 0.2) is 42.7 Å². The average Bonchev–Trinajstić information content (AvgIpc) is 2.84. The number of hydrogen-bond donors (Lipinski definition) is 1. The summed E-state index contributed by atoms with van der Waals surface area (Å²) in [5.74, 6) is -2.09. The van der Waals surface area contributed by atoms with Crippen molar-refractivity contribution in [3.8, 4) is 0 Å². The highest BCUT2D eigenvalue weighted by atomic mass is 19.2. The Morgan fingerprint density at radius 2 is 1.71 bits per heavy atom. The van der Waals surface area contributed by atoms with Crippen LogP contribution in [0, 0.1) is 17.5 Å². The lowest BCUT2D eigenvalue weighted by molar-refractivity contribution is 0.510. The van der Waals surface area contributed by atoms with Crippen molar-refractivity contribution in [1.29, 1.82) is 0 Å². The number of aromatic nitrogens is 2. The second-order valence-electron chi connectivity index (χ2n) is 4.63. The van der Waals surface area contributed by atoms with E-state index in [0.29, 0.717) is 24.1 Å². The van der Waals surface area contributed by atoms with Gasteiger partial charge in [0.1, 0.15) is 5.82 Å². The molecule has 0 fully saturated rings. The van der Waals surface area contributed by atoms with Gasteiger partial charge in [-0.05, 0) is 24.3 Å². The van der Waals surface area contributed by atoms with Gasteiger partial charge in [0.15, 0.2) is 11.6 Å². The fraction of sp³-hybridized carbons (Fsp3) is 0.133. The number of nitrogens with one attached hydrogen (secondary N) is 1. The summed E-state index contributed by atoms with van der Waals surface area (Å²) >= 11 is 0. The largest absolute Gasteiger partial charge is 0.383 e. The van der Waals surface area contributed by atoms with Crippen molar-refractivity contribution in [3.05, 3.63) is 60.2 Å². The summed E-state index contributed by atoms with van der Waals surface area (Å²) in [5, 5.41) is 3.12. The minimum atomic E-state index is -0.905. The lowest BCUT2D eigenvalue weighted by atomic mass is 10.3. The van der Waals surface area contributed by atoms with E-state index >= 15 is 0 Å². The molecular formula is C15H12F3N3. The van der Waals surface area contributed by atoms with Crippen molar-refractivity contribution in [2.45, 2.75) is 6.54 Å². The van der Waals surface area contributed by atoms with Crippen LogP contribution >= 0.6 is 0 Å². The zero-order valence-electron chi connectivity index (χ0n) is 11.0. The van der Waals surface area contributed by atoms with Gasteiger partial charge in [-0.2, -0.15) is 0 Å². The Balaban J connectivity index is 1.70. The third-order valence-corrected chi connectivity index (χ3v) is 3.19. The van der Waals surface area contributed by atoms with E-state index in [0.717, 1.165) is 17.8 Å². The first-order valence-corrected chi connectivity index (χ1v) is 6.43. The molecule has 1 N–H and O–H groups in total. The van der Waals surface area contributed by atoms with Crippen LogP contribution in [0.5, 0.6) is 0 Å². The van der Waals surface area contributed by atoms with E-state index in [-0.39, 0.29) is 5.82 Å². The molecule has 6 heteroatoms. The lowest BCUT2D eigenvalue weighted by Gasteiger charge is -2.08. The van der Waals surface area contributed by atoms with Crippen molar-refractivity contribution in [2.24, 2.45) is 0 Å². The average molecular weight is 291 g/mol. The number of imidazole rings is 1. The molecule has 1 aromatic heterocycles. The molecule has 3 rings (SSSR count). The third kappa shape index (κ3) is 2.84. The molecule has 0 aliphatic rings. The van der Waals surface area contributed by atoms with Crippen molar-refractivity contribution in [1.82, 2.24) is 9.55 Å². The van der Waals surface area contributed by atoms with Crippen LogP contribution in [0.1, 0.15) is 0 Å². The van der Waals surface area contributed by atoms with E-state index in [1.807, 2.05) is 0 Å². The highest BCUT2D eigenvalue weighted by molar-refractivity contribution is 5.75. The molecule has 21 heavy (non-hydrogen) atoms. The Morgan fingerprint density at radius 1 is 1.00 bits per heavy atom. The lowest BCUT2D eigenvalue weighted by Crippen LogP contribution is -2.09. The maximum atomic E-state index is 13.3. The first kappa shape index (κ1) is 13.5. The Kier molecular flexibility index (Phi) is 3.51. The van der Waals surface area contributed by atoms with Gasteiger partial charge in [0.2, 0.25) is 0 Å². The summed E-state index contributed by atoms with van der Waals surface area (Å²) in [4.78, 5) is 4.04. The zero-order chi connectivity index (χ0) is 14.8. The number of benzene rings is 2. The standard InChI is InChI=1S/C15H12F3N3/c16-10-1-3-11(4-2-10)19-5-6-21-9-20-14-7-12(17)13(18)8-15(14)21/h1-4,7-9,19H,5-6H2. The topological polar surface area (TPSA) is 29.9 Å². The van der Waals surface area contributed by atoms with Gasteiger partial charge >= 0.3 is 0 Å². The molecule has 1 heterocycles. The van der Waals surface area contributed by atoms with Crippen LogP contribution in [0.3, 0.4) is 0 Å². The Labute approximate surface area is 119 Å². The summed E-state index contributed by atoms with van der Waals surface area (Å²) in [7, 11) is 0. The van der Waals surface area contributed by atoms with Gasteiger partial charge in [-0.25, -0.2) is 18.2 Å². The van der Waals surface area contributed by atoms with Crippen LogP contribution in [0.4, 0.5) is 18.9 Å². The van der Waals surface area contributed by atoms with Crippen molar-refractivity contribution >= 4 is 16.7 Å². The summed E-state index contributed by atoms with van der Waals surface area (Å²) in [5.41, 5.74) is 1.74. The molecule has 0 saturated carbocycles. The highest BCUT2D eigenvalue weighted by Gasteiger charge is 2.08. The normalized spacial score (nSPS) is 11.0. The van der Waals surface area contributed by atoms with E-state index in [1.165, 1.54) is 18.5 Å². The summed E-state index contributed by atoms with van der Waals surface area (Å²) in [6.45, 7) is 1.08. The summed E-state index contributed by atoms with van der Waals surface area (Å²) in [6, 6.07) is 8.22. The molecule has 3 aromatic rings. The summed E-state index contributed by atoms with van der Waals surface area (Å²) < 4.78 is 40.9. The SMILES string of the molecule is Fc1ccc(NCCn2cnc3cc(F)c(F)cc32)cc1. The van der Waals surface area contributed by atoms with E-state index in [2.05, 4.69) is 10.3 Å². The quantitative estimate of drug-likeness (QED) is 0.796. The van der Waals surface area contributed by atoms with Crippen LogP contribution in [0.2, 0.25) is 0 Å². The molecule has 0 bridgehead atoms. The van der Waals surface area contributed by atoms with Crippen LogP contribution in [0.25, 0.3) is 11.0 Å². The third-order valence-electron chi connectivity index (χ3n) is 3.19. The molecule has 3 nitrogen and oxygen atoms in total. The molecule has 0 aliphatic carbocycles. The van der Waals surface area contributed by atoms with Crippen molar-refractivity contribution < 1.29 is 13.2 Å². The number of hydrogen-bond acceptors (Lipinski definition) is 2. The fourth-order valence-corrected chi connectivity index (χ4v) is 2.12. The Bertz CT molecular complexity index is 766. The Morgan fingerprint density at radius 3 is 2.48 bits per heavy atom. The molecular weight excluding hydrogens is 279 g/mol. The molecule has 0 atom stereocenters. The number of rotatable bonds is 4. The van der Waals surface area contributed by atoms with Crippen molar-refractivity contribution in [3.63, 3.8) is 0 Å². The molecule has 0 spiro atoms. The van der Waals surface area contributed by atoms with Gasteiger partial charge in [0, 0.05) is 30.9 Å². The molecule has 2 aromatic carbocycles. The van der Waals surface area contributed by atoms with E-state index in [4.69, 9.17) is 0 Å². The van der Waals surface area contributed by atoms with Crippen molar-refractivity contribution in [2.75, 3.05) is 11.9 Å². The Hall–Kier alpha value is -2.50. The minimum Gasteiger partial charge on any atom is -0.383 e. The van der Waals surface area contributed by atoms with Gasteiger partial charge in [-0.3, -0.25) is 0 Å². The second kappa shape index (κ2) is 5.47. The second-order valence-corrected chi connectivity index (χ2v) is 4.63. The zero-order valence-corrected chi connectivity index (χ0v) is 11.0. The number of fused-ring (bicyclic) bond motifs is 1. The first-order valence-electron chi connectivity index (χ1n) is 6.43. The molecule has 108 valence electrons. The number of nitrogens with zero attached hydrogens (tertiary/aromatic N) is 2. The van der Waals surface area contributed by atoms with E-state index in [1.54, 1.807) is 16.7 Å². The predicted molar refractivity (Wildman–Crippen MR) is 74.5 cm³/mol. The molecule has 0 radical (unpaired) electrons. The summed E-state index contributed by atoms with van der Waals surface area (Å²) in [6.07, 6.45) is 1.54. The van der Waals surface area contributed by atoms with Gasteiger partial charge in [-0.1, -0.05) is 0 Å². The smallest absolute Gasteiger partial charge is 0.161 e. The monoisotopic (exact) mass is 291 g/mol. The maximum Gasteiger partial charge on any atom is 0.161 e. The van der Waals surface area contributed by atoms with Crippen LogP contribution < -0.4 is 5.32 Å². The van der Waals surface area contributed by atoms with Gasteiger partial charge in [0.05, 0.1) is 17.4 Å². The first-order chi connectivity index (χ1) is 10.1. The molecule has 0 saturated heterocycles.